The fourth-order valence-corrected chi connectivity index (χ4v) is 2.86. The third-order valence-electron chi connectivity index (χ3n) is 3.32. The summed E-state index contributed by atoms with van der Waals surface area (Å²) in [6.45, 7) is -0.740. The smallest absolute Gasteiger partial charge is 0.416 e. The van der Waals surface area contributed by atoms with Crippen LogP contribution >= 0.6 is 0 Å². The fraction of sp³-hybridized carbons (Fsp3) is 0.357. The van der Waals surface area contributed by atoms with Gasteiger partial charge in [-0.2, -0.15) is 0 Å². The summed E-state index contributed by atoms with van der Waals surface area (Å²) in [7, 11) is -1.31. The van der Waals surface area contributed by atoms with Crippen molar-refractivity contribution >= 4 is 28.0 Å². The Morgan fingerprint density at radius 3 is 2.60 bits per heavy atom. The predicted octanol–water partition coefficient (Wildman–Crippen LogP) is 0.212. The van der Waals surface area contributed by atoms with Crippen molar-refractivity contribution in [2.75, 3.05) is 33.9 Å². The van der Waals surface area contributed by atoms with Gasteiger partial charge in [-0.1, -0.05) is 0 Å². The SMILES string of the molecule is CN(C)S(=O)(=O)c1ccc(F)c(C(=O)OCC(=O)N2CCOC2=O)c1. The number of imide groups is 1. The van der Waals surface area contributed by atoms with Crippen LogP contribution in [0.5, 0.6) is 0 Å². The van der Waals surface area contributed by atoms with Gasteiger partial charge in [0.1, 0.15) is 12.4 Å². The fourth-order valence-electron chi connectivity index (χ4n) is 1.94. The van der Waals surface area contributed by atoms with Crippen molar-refractivity contribution in [2.45, 2.75) is 4.90 Å². The van der Waals surface area contributed by atoms with Crippen LogP contribution in [0.2, 0.25) is 0 Å². The molecule has 0 radical (unpaired) electrons. The molecule has 136 valence electrons. The number of esters is 1. The number of rotatable bonds is 5. The summed E-state index contributed by atoms with van der Waals surface area (Å²) in [4.78, 5) is 35.4. The Morgan fingerprint density at radius 1 is 1.36 bits per heavy atom. The summed E-state index contributed by atoms with van der Waals surface area (Å²) in [5.41, 5.74) is -0.639. The number of carbonyl (C=O) groups excluding carboxylic acids is 3. The van der Waals surface area contributed by atoms with E-state index in [1.807, 2.05) is 0 Å². The predicted molar refractivity (Wildman–Crippen MR) is 80.6 cm³/mol. The first-order valence-corrected chi connectivity index (χ1v) is 8.45. The molecular weight excluding hydrogens is 359 g/mol. The number of carbonyl (C=O) groups is 3. The van der Waals surface area contributed by atoms with E-state index < -0.39 is 46.0 Å². The van der Waals surface area contributed by atoms with Crippen molar-refractivity contribution in [3.63, 3.8) is 0 Å². The van der Waals surface area contributed by atoms with Gasteiger partial charge in [0.25, 0.3) is 5.91 Å². The van der Waals surface area contributed by atoms with E-state index in [0.29, 0.717) is 0 Å². The monoisotopic (exact) mass is 374 g/mol. The molecule has 0 bridgehead atoms. The van der Waals surface area contributed by atoms with Gasteiger partial charge in [0.2, 0.25) is 10.0 Å². The number of sulfonamides is 1. The molecule has 1 aliphatic rings. The minimum absolute atomic E-state index is 0.0279. The van der Waals surface area contributed by atoms with Crippen LogP contribution in [0, 0.1) is 5.82 Å². The van der Waals surface area contributed by atoms with Gasteiger partial charge < -0.3 is 9.47 Å². The first-order valence-electron chi connectivity index (χ1n) is 7.01. The Bertz CT molecular complexity index is 822. The van der Waals surface area contributed by atoms with Gasteiger partial charge in [-0.15, -0.1) is 0 Å². The number of nitrogens with zero attached hydrogens (tertiary/aromatic N) is 2. The summed E-state index contributed by atoms with van der Waals surface area (Å²) < 4.78 is 48.0. The second-order valence-corrected chi connectivity index (χ2v) is 7.32. The number of ether oxygens (including phenoxy) is 2. The van der Waals surface area contributed by atoms with E-state index in [9.17, 15) is 27.2 Å². The molecule has 0 saturated carbocycles. The van der Waals surface area contributed by atoms with E-state index in [2.05, 4.69) is 9.47 Å². The molecule has 2 rings (SSSR count). The molecule has 25 heavy (non-hydrogen) atoms. The van der Waals surface area contributed by atoms with E-state index in [-0.39, 0.29) is 18.0 Å². The Hall–Kier alpha value is -2.53. The van der Waals surface area contributed by atoms with E-state index in [4.69, 9.17) is 0 Å². The van der Waals surface area contributed by atoms with Crippen LogP contribution < -0.4 is 0 Å². The molecule has 1 aromatic rings. The molecule has 1 heterocycles. The molecule has 11 heteroatoms. The summed E-state index contributed by atoms with van der Waals surface area (Å²) in [5, 5.41) is 0. The lowest BCUT2D eigenvalue weighted by Gasteiger charge is -2.13. The Labute approximate surface area is 143 Å². The quantitative estimate of drug-likeness (QED) is 0.678. The van der Waals surface area contributed by atoms with Gasteiger partial charge in [-0.3, -0.25) is 4.79 Å². The first kappa shape index (κ1) is 18.8. The van der Waals surface area contributed by atoms with Crippen molar-refractivity contribution < 1.29 is 36.7 Å². The van der Waals surface area contributed by atoms with Gasteiger partial charge >= 0.3 is 12.1 Å². The van der Waals surface area contributed by atoms with E-state index in [0.717, 1.165) is 27.4 Å². The van der Waals surface area contributed by atoms with Crippen molar-refractivity contribution in [3.05, 3.63) is 29.6 Å². The lowest BCUT2D eigenvalue weighted by molar-refractivity contribution is -0.131. The lowest BCUT2D eigenvalue weighted by Crippen LogP contribution is -2.35. The Balaban J connectivity index is 2.14. The molecule has 9 nitrogen and oxygen atoms in total. The molecule has 1 saturated heterocycles. The highest BCUT2D eigenvalue weighted by Gasteiger charge is 2.29. The molecule has 1 aliphatic heterocycles. The molecule has 0 N–H and O–H groups in total. The first-order chi connectivity index (χ1) is 11.6. The van der Waals surface area contributed by atoms with Gasteiger partial charge in [-0.25, -0.2) is 31.6 Å². The van der Waals surface area contributed by atoms with Crippen LogP contribution in [0.3, 0.4) is 0 Å². The molecule has 1 aromatic carbocycles. The second kappa shape index (κ2) is 7.15. The summed E-state index contributed by atoms with van der Waals surface area (Å²) in [5.74, 6) is -3.06. The number of halogens is 1. The minimum Gasteiger partial charge on any atom is -0.452 e. The van der Waals surface area contributed by atoms with E-state index >= 15 is 0 Å². The van der Waals surface area contributed by atoms with Gasteiger partial charge in [0.15, 0.2) is 6.61 Å². The zero-order valence-corrected chi connectivity index (χ0v) is 14.2. The zero-order valence-electron chi connectivity index (χ0n) is 13.4. The van der Waals surface area contributed by atoms with Crippen LogP contribution in [-0.2, 0) is 24.3 Å². The second-order valence-electron chi connectivity index (χ2n) is 5.16. The molecule has 0 spiro atoms. The third kappa shape index (κ3) is 3.94. The standard InChI is InChI=1S/C14H15FN2O7S/c1-16(2)25(21,22)9-3-4-11(15)10(7-9)13(19)24-8-12(18)17-5-6-23-14(17)20/h3-4,7H,5-6,8H2,1-2H3. The summed E-state index contributed by atoms with van der Waals surface area (Å²) in [6, 6.07) is 2.64. The molecule has 0 atom stereocenters. The summed E-state index contributed by atoms with van der Waals surface area (Å²) in [6.07, 6.45) is -0.855. The molecule has 0 unspecified atom stereocenters. The molecule has 1 fully saturated rings. The van der Waals surface area contributed by atoms with Crippen molar-refractivity contribution in [1.29, 1.82) is 0 Å². The van der Waals surface area contributed by atoms with Crippen LogP contribution in [0.1, 0.15) is 10.4 Å². The van der Waals surface area contributed by atoms with Gasteiger partial charge in [0, 0.05) is 14.1 Å². The number of hydrogen-bond acceptors (Lipinski definition) is 7. The molecule has 2 amide bonds. The number of cyclic esters (lactones) is 1. The van der Waals surface area contributed by atoms with Gasteiger partial charge in [-0.05, 0) is 18.2 Å². The maximum absolute atomic E-state index is 13.8. The highest BCUT2D eigenvalue weighted by atomic mass is 32.2. The van der Waals surface area contributed by atoms with E-state index in [1.54, 1.807) is 0 Å². The number of amides is 2. The highest BCUT2D eigenvalue weighted by Crippen LogP contribution is 2.18. The molecule has 0 aliphatic carbocycles. The maximum atomic E-state index is 13.8. The van der Waals surface area contributed by atoms with Crippen LogP contribution in [-0.4, -0.2) is 69.4 Å². The lowest BCUT2D eigenvalue weighted by atomic mass is 10.2. The van der Waals surface area contributed by atoms with Crippen LogP contribution in [0.25, 0.3) is 0 Å². The van der Waals surface area contributed by atoms with Gasteiger partial charge in [0.05, 0.1) is 17.0 Å². The highest BCUT2D eigenvalue weighted by molar-refractivity contribution is 7.89. The van der Waals surface area contributed by atoms with E-state index in [1.165, 1.54) is 14.1 Å². The van der Waals surface area contributed by atoms with Crippen LogP contribution in [0.4, 0.5) is 9.18 Å². The summed E-state index contributed by atoms with van der Waals surface area (Å²) >= 11 is 0. The molecular formula is C14H15FN2O7S. The largest absolute Gasteiger partial charge is 0.452 e. The third-order valence-corrected chi connectivity index (χ3v) is 5.14. The average molecular weight is 374 g/mol. The topological polar surface area (TPSA) is 110 Å². The Morgan fingerprint density at radius 2 is 2.04 bits per heavy atom. The van der Waals surface area contributed by atoms with Crippen molar-refractivity contribution in [2.24, 2.45) is 0 Å². The van der Waals surface area contributed by atoms with Crippen molar-refractivity contribution in [1.82, 2.24) is 9.21 Å². The zero-order chi connectivity index (χ0) is 18.8. The maximum Gasteiger partial charge on any atom is 0.416 e. The number of hydrogen-bond donors (Lipinski definition) is 0. The normalized spacial score (nSPS) is 14.6. The van der Waals surface area contributed by atoms with Crippen LogP contribution in [0.15, 0.2) is 23.1 Å². The Kier molecular flexibility index (Phi) is 5.38. The molecule has 0 aromatic heterocycles. The number of benzene rings is 1. The average Bonchev–Trinajstić information content (AvgIpc) is 2.98. The van der Waals surface area contributed by atoms with Crippen molar-refractivity contribution in [3.8, 4) is 0 Å². The minimum atomic E-state index is -3.88.